The first-order valence-electron chi connectivity index (χ1n) is 7.43. The molecule has 0 spiro atoms. The molecule has 0 atom stereocenters. The van der Waals surface area contributed by atoms with Gasteiger partial charge in [-0.15, -0.1) is 0 Å². The summed E-state index contributed by atoms with van der Waals surface area (Å²) in [6.07, 6.45) is 3.89. The Morgan fingerprint density at radius 1 is 1.35 bits per heavy atom. The number of carbonyl (C=O) groups excluding carboxylic acids is 2. The summed E-state index contributed by atoms with van der Waals surface area (Å²) in [5, 5.41) is 4.23. The minimum Gasteiger partial charge on any atom is -0.330 e. The summed E-state index contributed by atoms with van der Waals surface area (Å²) in [5.74, 6) is -0.836. The van der Waals surface area contributed by atoms with Gasteiger partial charge in [0.1, 0.15) is 11.5 Å². The van der Waals surface area contributed by atoms with Crippen LogP contribution in [0.5, 0.6) is 0 Å². The van der Waals surface area contributed by atoms with E-state index in [-0.39, 0.29) is 23.9 Å². The van der Waals surface area contributed by atoms with Gasteiger partial charge in [-0.05, 0) is 19.4 Å². The summed E-state index contributed by atoms with van der Waals surface area (Å²) >= 11 is 0. The lowest BCUT2D eigenvalue weighted by molar-refractivity contribution is -0.121. The van der Waals surface area contributed by atoms with Crippen molar-refractivity contribution in [1.29, 1.82) is 0 Å². The van der Waals surface area contributed by atoms with Crippen LogP contribution in [0, 0.1) is 12.7 Å². The van der Waals surface area contributed by atoms with E-state index in [1.54, 1.807) is 24.9 Å². The summed E-state index contributed by atoms with van der Waals surface area (Å²) in [5.41, 5.74) is 1.89. The number of aromatic nitrogens is 3. The third-order valence-corrected chi connectivity index (χ3v) is 3.90. The Bertz CT molecular complexity index is 784. The quantitative estimate of drug-likeness (QED) is 0.846. The molecule has 2 aromatic heterocycles. The molecule has 1 fully saturated rings. The average Bonchev–Trinajstić information content (AvgIpc) is 2.85. The van der Waals surface area contributed by atoms with Crippen molar-refractivity contribution in [3.63, 3.8) is 0 Å². The lowest BCUT2D eigenvalue weighted by Crippen LogP contribution is -2.40. The van der Waals surface area contributed by atoms with Gasteiger partial charge in [-0.1, -0.05) is 0 Å². The second-order valence-corrected chi connectivity index (χ2v) is 5.72. The fraction of sp³-hybridized carbons (Fsp3) is 0.375. The number of halogens is 1. The first-order chi connectivity index (χ1) is 11.0. The average molecular weight is 316 g/mol. The van der Waals surface area contributed by atoms with Crippen LogP contribution in [0.3, 0.4) is 0 Å². The summed E-state index contributed by atoms with van der Waals surface area (Å²) in [6.45, 7) is 2.39. The zero-order valence-corrected chi connectivity index (χ0v) is 13.0. The van der Waals surface area contributed by atoms with Crippen LogP contribution >= 0.6 is 0 Å². The third kappa shape index (κ3) is 2.99. The van der Waals surface area contributed by atoms with E-state index >= 15 is 0 Å². The standard InChI is InChI=1S/C16H17FN4O2/c1-10-14(9-20(2)19-10)13-6-11(17)7-18-15(13)16(23)21-5-3-4-12(22)8-21/h6-7,9H,3-5,8H2,1-2H3. The fourth-order valence-corrected chi connectivity index (χ4v) is 2.84. The molecule has 0 saturated carbocycles. The highest BCUT2D eigenvalue weighted by atomic mass is 19.1. The number of aryl methyl sites for hydroxylation is 2. The number of piperidine rings is 1. The summed E-state index contributed by atoms with van der Waals surface area (Å²) < 4.78 is 15.3. The first-order valence-corrected chi connectivity index (χ1v) is 7.43. The Hall–Kier alpha value is -2.57. The predicted octanol–water partition coefficient (Wildman–Crippen LogP) is 1.73. The topological polar surface area (TPSA) is 68.1 Å². The van der Waals surface area contributed by atoms with Gasteiger partial charge in [-0.2, -0.15) is 5.10 Å². The van der Waals surface area contributed by atoms with Gasteiger partial charge < -0.3 is 4.90 Å². The lowest BCUT2D eigenvalue weighted by atomic mass is 10.0. The molecule has 3 heterocycles. The molecule has 2 aromatic rings. The van der Waals surface area contributed by atoms with E-state index < -0.39 is 5.82 Å². The molecule has 0 aromatic carbocycles. The van der Waals surface area contributed by atoms with Crippen molar-refractivity contribution >= 4 is 11.7 Å². The maximum atomic E-state index is 13.7. The van der Waals surface area contributed by atoms with Gasteiger partial charge in [0.25, 0.3) is 5.91 Å². The minimum atomic E-state index is -0.519. The number of Topliss-reactive ketones (excluding diaryl/α,β-unsaturated/α-hetero) is 1. The van der Waals surface area contributed by atoms with Crippen molar-refractivity contribution in [3.8, 4) is 11.1 Å². The van der Waals surface area contributed by atoms with Crippen LogP contribution in [0.15, 0.2) is 18.5 Å². The molecule has 1 saturated heterocycles. The Balaban J connectivity index is 2.04. The first kappa shape index (κ1) is 15.3. The van der Waals surface area contributed by atoms with E-state index in [0.29, 0.717) is 36.2 Å². The van der Waals surface area contributed by atoms with Crippen LogP contribution in [0.4, 0.5) is 4.39 Å². The fourth-order valence-electron chi connectivity index (χ4n) is 2.84. The van der Waals surface area contributed by atoms with Crippen LogP contribution in [-0.4, -0.2) is 44.4 Å². The summed E-state index contributed by atoms with van der Waals surface area (Å²) in [4.78, 5) is 29.8. The zero-order valence-electron chi connectivity index (χ0n) is 13.0. The van der Waals surface area contributed by atoms with E-state index in [2.05, 4.69) is 10.1 Å². The molecule has 0 unspecified atom stereocenters. The molecule has 1 amide bonds. The molecule has 3 rings (SSSR count). The summed E-state index contributed by atoms with van der Waals surface area (Å²) in [7, 11) is 1.76. The Labute approximate surface area is 132 Å². The predicted molar refractivity (Wildman–Crippen MR) is 81.3 cm³/mol. The molecule has 120 valence electrons. The van der Waals surface area contributed by atoms with Gasteiger partial charge in [0.05, 0.1) is 18.4 Å². The number of ketones is 1. The van der Waals surface area contributed by atoms with Crippen LogP contribution in [0.25, 0.3) is 11.1 Å². The van der Waals surface area contributed by atoms with Crippen molar-refractivity contribution in [2.75, 3.05) is 13.1 Å². The van der Waals surface area contributed by atoms with E-state index in [0.717, 1.165) is 6.20 Å². The van der Waals surface area contributed by atoms with E-state index in [9.17, 15) is 14.0 Å². The number of hydrogen-bond acceptors (Lipinski definition) is 4. The largest absolute Gasteiger partial charge is 0.330 e. The maximum Gasteiger partial charge on any atom is 0.273 e. The second-order valence-electron chi connectivity index (χ2n) is 5.72. The highest BCUT2D eigenvalue weighted by molar-refractivity contribution is 6.01. The molecule has 1 aliphatic rings. The van der Waals surface area contributed by atoms with Crippen molar-refractivity contribution in [3.05, 3.63) is 35.7 Å². The molecule has 0 radical (unpaired) electrons. The van der Waals surface area contributed by atoms with Gasteiger partial charge in [0, 0.05) is 37.3 Å². The van der Waals surface area contributed by atoms with Crippen molar-refractivity contribution in [1.82, 2.24) is 19.7 Å². The SMILES string of the molecule is Cc1nn(C)cc1-c1cc(F)cnc1C(=O)N1CCCC(=O)C1. The maximum absolute atomic E-state index is 13.7. The number of likely N-dealkylation sites (tertiary alicyclic amines) is 1. The molecule has 0 aliphatic carbocycles. The van der Waals surface area contributed by atoms with Crippen molar-refractivity contribution in [2.45, 2.75) is 19.8 Å². The molecule has 0 N–H and O–H groups in total. The lowest BCUT2D eigenvalue weighted by Gasteiger charge is -2.26. The molecular formula is C16H17FN4O2. The van der Waals surface area contributed by atoms with Crippen LogP contribution in [0.2, 0.25) is 0 Å². The van der Waals surface area contributed by atoms with Gasteiger partial charge in [0.2, 0.25) is 0 Å². The van der Waals surface area contributed by atoms with E-state index in [1.807, 2.05) is 0 Å². The monoisotopic (exact) mass is 316 g/mol. The van der Waals surface area contributed by atoms with Gasteiger partial charge >= 0.3 is 0 Å². The Kier molecular flexibility index (Phi) is 3.94. The highest BCUT2D eigenvalue weighted by Gasteiger charge is 2.26. The number of amides is 1. The number of carbonyl (C=O) groups is 2. The Morgan fingerprint density at radius 3 is 2.78 bits per heavy atom. The smallest absolute Gasteiger partial charge is 0.273 e. The zero-order chi connectivity index (χ0) is 16.6. The van der Waals surface area contributed by atoms with Gasteiger partial charge in [-0.25, -0.2) is 9.37 Å². The highest BCUT2D eigenvalue weighted by Crippen LogP contribution is 2.27. The molecule has 1 aliphatic heterocycles. The van der Waals surface area contributed by atoms with E-state index in [4.69, 9.17) is 0 Å². The molecular weight excluding hydrogens is 299 g/mol. The van der Waals surface area contributed by atoms with E-state index in [1.165, 1.54) is 11.0 Å². The second kappa shape index (κ2) is 5.91. The number of rotatable bonds is 2. The van der Waals surface area contributed by atoms with Gasteiger partial charge in [0.15, 0.2) is 5.78 Å². The summed E-state index contributed by atoms with van der Waals surface area (Å²) in [6, 6.07) is 1.29. The van der Waals surface area contributed by atoms with Gasteiger partial charge in [-0.3, -0.25) is 14.3 Å². The Morgan fingerprint density at radius 2 is 2.13 bits per heavy atom. The number of hydrogen-bond donors (Lipinski definition) is 0. The minimum absolute atomic E-state index is 0.0332. The molecule has 6 nitrogen and oxygen atoms in total. The van der Waals surface area contributed by atoms with Crippen LogP contribution in [0.1, 0.15) is 29.0 Å². The van der Waals surface area contributed by atoms with Crippen molar-refractivity contribution < 1.29 is 14.0 Å². The normalized spacial score (nSPS) is 15.1. The molecule has 0 bridgehead atoms. The third-order valence-electron chi connectivity index (χ3n) is 3.90. The van der Waals surface area contributed by atoms with Crippen LogP contribution < -0.4 is 0 Å². The molecule has 23 heavy (non-hydrogen) atoms. The number of nitrogens with zero attached hydrogens (tertiary/aromatic N) is 4. The van der Waals surface area contributed by atoms with Crippen LogP contribution in [-0.2, 0) is 11.8 Å². The molecule has 7 heteroatoms. The number of pyridine rings is 1. The van der Waals surface area contributed by atoms with Crippen molar-refractivity contribution in [2.24, 2.45) is 7.05 Å².